The highest BCUT2D eigenvalue weighted by atomic mass is 16.5. The number of carbonyl (C=O) groups excluding carboxylic acids is 3. The summed E-state index contributed by atoms with van der Waals surface area (Å²) >= 11 is 0. The average molecular weight is 508 g/mol. The Kier molecular flexibility index (Phi) is 5.79. The van der Waals surface area contributed by atoms with Crippen LogP contribution in [-0.2, 0) is 16.0 Å². The first-order chi connectivity index (χ1) is 18.4. The largest absolute Gasteiger partial charge is 0.462 e. The van der Waals surface area contributed by atoms with E-state index in [1.165, 1.54) is 10.5 Å². The molecule has 1 saturated heterocycles. The smallest absolute Gasteiger partial charge is 0.338 e. The molecule has 1 fully saturated rings. The van der Waals surface area contributed by atoms with Gasteiger partial charge in [0.05, 0.1) is 17.9 Å². The maximum atomic E-state index is 14.0. The second-order valence-electron chi connectivity index (χ2n) is 10.1. The fraction of sp³-hybridized carbons (Fsp3) is 0.258. The number of anilines is 1. The molecule has 3 aromatic carbocycles. The van der Waals surface area contributed by atoms with Crippen molar-refractivity contribution in [3.8, 4) is 0 Å². The molecule has 4 aromatic rings. The predicted octanol–water partition coefficient (Wildman–Crippen LogP) is 5.95. The van der Waals surface area contributed by atoms with Gasteiger partial charge >= 0.3 is 12.0 Å². The molecule has 6 rings (SSSR count). The number of para-hydroxylation sites is 1. The van der Waals surface area contributed by atoms with Crippen LogP contribution < -0.4 is 4.90 Å². The van der Waals surface area contributed by atoms with E-state index >= 15 is 0 Å². The normalized spacial score (nSPS) is 18.7. The molecular formula is C31H29N3O4. The van der Waals surface area contributed by atoms with Gasteiger partial charge in [-0.1, -0.05) is 56.3 Å². The number of aromatic nitrogens is 1. The van der Waals surface area contributed by atoms with Crippen molar-refractivity contribution in [2.45, 2.75) is 45.2 Å². The minimum Gasteiger partial charge on any atom is -0.462 e. The number of imide groups is 1. The van der Waals surface area contributed by atoms with E-state index < -0.39 is 18.1 Å². The molecule has 1 N–H and O–H groups in total. The lowest BCUT2D eigenvalue weighted by molar-refractivity contribution is -0.120. The zero-order valence-electron chi connectivity index (χ0n) is 21.6. The van der Waals surface area contributed by atoms with Crippen molar-refractivity contribution in [2.75, 3.05) is 11.5 Å². The lowest BCUT2D eigenvalue weighted by atomic mass is 9.88. The van der Waals surface area contributed by atoms with E-state index in [1.54, 1.807) is 36.1 Å². The van der Waals surface area contributed by atoms with Crippen LogP contribution in [0.5, 0.6) is 0 Å². The van der Waals surface area contributed by atoms with Crippen LogP contribution in [0.1, 0.15) is 65.5 Å². The van der Waals surface area contributed by atoms with Gasteiger partial charge < -0.3 is 9.72 Å². The number of hydrogen-bond donors (Lipinski definition) is 1. The van der Waals surface area contributed by atoms with E-state index in [-0.39, 0.29) is 18.5 Å². The second-order valence-corrected chi connectivity index (χ2v) is 10.1. The van der Waals surface area contributed by atoms with Crippen molar-refractivity contribution < 1.29 is 19.1 Å². The molecule has 7 nitrogen and oxygen atoms in total. The Morgan fingerprint density at radius 1 is 1.00 bits per heavy atom. The van der Waals surface area contributed by atoms with E-state index in [0.29, 0.717) is 23.6 Å². The number of esters is 1. The van der Waals surface area contributed by atoms with Crippen LogP contribution in [-0.4, -0.2) is 40.4 Å². The summed E-state index contributed by atoms with van der Waals surface area (Å²) in [6.45, 7) is 6.31. The first-order valence-electron chi connectivity index (χ1n) is 13.0. The Morgan fingerprint density at radius 2 is 1.71 bits per heavy atom. The number of nitrogens with one attached hydrogen (secondary N) is 1. The molecule has 3 heterocycles. The molecule has 1 aromatic heterocycles. The number of benzene rings is 3. The van der Waals surface area contributed by atoms with Gasteiger partial charge in [0, 0.05) is 23.0 Å². The van der Waals surface area contributed by atoms with Crippen LogP contribution in [0.4, 0.5) is 10.5 Å². The number of carbonyl (C=O) groups is 3. The third-order valence-corrected chi connectivity index (χ3v) is 7.60. The van der Waals surface area contributed by atoms with Crippen LogP contribution in [0.25, 0.3) is 10.9 Å². The molecule has 192 valence electrons. The summed E-state index contributed by atoms with van der Waals surface area (Å²) in [6, 6.07) is 21.4. The van der Waals surface area contributed by atoms with E-state index in [9.17, 15) is 14.4 Å². The quantitative estimate of drug-likeness (QED) is 0.267. The van der Waals surface area contributed by atoms with E-state index in [4.69, 9.17) is 4.74 Å². The third-order valence-electron chi connectivity index (χ3n) is 7.60. The molecule has 7 heteroatoms. The van der Waals surface area contributed by atoms with Crippen molar-refractivity contribution in [3.05, 3.63) is 101 Å². The van der Waals surface area contributed by atoms with Crippen LogP contribution in [0.3, 0.4) is 0 Å². The van der Waals surface area contributed by atoms with E-state index in [0.717, 1.165) is 27.7 Å². The summed E-state index contributed by atoms with van der Waals surface area (Å²) in [4.78, 5) is 46.4. The first kappa shape index (κ1) is 24.0. The highest BCUT2D eigenvalue weighted by molar-refractivity contribution is 6.22. The monoisotopic (exact) mass is 507 g/mol. The van der Waals surface area contributed by atoms with Crippen LogP contribution in [0.15, 0.2) is 72.8 Å². The fourth-order valence-corrected chi connectivity index (χ4v) is 5.68. The van der Waals surface area contributed by atoms with Crippen molar-refractivity contribution >= 4 is 34.5 Å². The van der Waals surface area contributed by atoms with Crippen molar-refractivity contribution in [1.29, 1.82) is 0 Å². The number of aromatic amines is 1. The Labute approximate surface area is 221 Å². The molecule has 2 atom stereocenters. The first-order valence-corrected chi connectivity index (χ1v) is 13.0. The fourth-order valence-electron chi connectivity index (χ4n) is 5.68. The standard InChI is InChI=1S/C31H29N3O4/c1-4-38-30(36)21-13-15-22(16-14-21)33-29(35)26-17-24-23-7-5-6-8-25(23)32-27(24)28(34(26)31(33)37)20-11-9-19(10-12-20)18(2)3/h5-16,18,26,28,32H,4,17H2,1-3H3/t26-,28?/m0/s1. The Morgan fingerprint density at radius 3 is 2.39 bits per heavy atom. The van der Waals surface area contributed by atoms with E-state index in [2.05, 4.69) is 49.2 Å². The van der Waals surface area contributed by atoms with Gasteiger partial charge in [-0.3, -0.25) is 9.69 Å². The molecule has 3 amide bonds. The topological polar surface area (TPSA) is 82.7 Å². The number of amides is 3. The number of H-pyrrole nitrogens is 1. The SMILES string of the molecule is CCOC(=O)c1ccc(N2C(=O)[C@@H]3Cc4c([nH]c5ccccc45)C(c4ccc(C(C)C)cc4)N3C2=O)cc1. The number of rotatable bonds is 5. The summed E-state index contributed by atoms with van der Waals surface area (Å²) in [5.74, 6) is -0.320. The lowest BCUT2D eigenvalue weighted by Gasteiger charge is -2.36. The molecular weight excluding hydrogens is 478 g/mol. The van der Waals surface area contributed by atoms with Crippen molar-refractivity contribution in [3.63, 3.8) is 0 Å². The minimum absolute atomic E-state index is 0.265. The van der Waals surface area contributed by atoms with Gasteiger partial charge in [-0.25, -0.2) is 14.5 Å². The van der Waals surface area contributed by atoms with Crippen molar-refractivity contribution in [2.24, 2.45) is 0 Å². The molecule has 1 unspecified atom stereocenters. The van der Waals surface area contributed by atoms with Crippen molar-refractivity contribution in [1.82, 2.24) is 9.88 Å². The summed E-state index contributed by atoms with van der Waals surface area (Å²) in [5, 5.41) is 1.07. The molecule has 0 bridgehead atoms. The Bertz CT molecular complexity index is 1550. The molecule has 0 saturated carbocycles. The Hall–Kier alpha value is -4.39. The predicted molar refractivity (Wildman–Crippen MR) is 145 cm³/mol. The highest BCUT2D eigenvalue weighted by Gasteiger charge is 2.53. The molecule has 0 aliphatic carbocycles. The van der Waals surface area contributed by atoms with Gasteiger partial charge in [0.1, 0.15) is 12.1 Å². The zero-order valence-corrected chi connectivity index (χ0v) is 21.6. The number of nitrogens with zero attached hydrogens (tertiary/aromatic N) is 2. The molecule has 2 aliphatic rings. The Balaban J connectivity index is 1.44. The number of fused-ring (bicyclic) bond motifs is 4. The van der Waals surface area contributed by atoms with Gasteiger partial charge in [-0.2, -0.15) is 0 Å². The molecule has 38 heavy (non-hydrogen) atoms. The summed E-state index contributed by atoms with van der Waals surface area (Å²) in [7, 11) is 0. The number of ether oxygens (including phenoxy) is 1. The zero-order chi connectivity index (χ0) is 26.6. The summed E-state index contributed by atoms with van der Waals surface area (Å²) in [5.41, 5.74) is 5.98. The van der Waals surface area contributed by atoms with Gasteiger partial charge in [0.2, 0.25) is 0 Å². The lowest BCUT2D eigenvalue weighted by Crippen LogP contribution is -2.44. The van der Waals surface area contributed by atoms with E-state index in [1.807, 2.05) is 18.2 Å². The van der Waals surface area contributed by atoms with Crippen LogP contribution in [0.2, 0.25) is 0 Å². The molecule has 2 aliphatic heterocycles. The van der Waals surface area contributed by atoms with Gasteiger partial charge in [0.25, 0.3) is 5.91 Å². The molecule has 0 spiro atoms. The molecule has 0 radical (unpaired) electrons. The summed E-state index contributed by atoms with van der Waals surface area (Å²) < 4.78 is 5.06. The minimum atomic E-state index is -0.631. The van der Waals surface area contributed by atoms with Gasteiger partial charge in [-0.05, 0) is 59.9 Å². The van der Waals surface area contributed by atoms with Crippen LogP contribution >= 0.6 is 0 Å². The maximum absolute atomic E-state index is 14.0. The average Bonchev–Trinajstić information content (AvgIpc) is 3.42. The number of urea groups is 1. The highest BCUT2D eigenvalue weighted by Crippen LogP contribution is 2.45. The van der Waals surface area contributed by atoms with Gasteiger partial charge in [-0.15, -0.1) is 0 Å². The second kappa shape index (κ2) is 9.17. The summed E-state index contributed by atoms with van der Waals surface area (Å²) in [6.07, 6.45) is 0.432. The third kappa shape index (κ3) is 3.69. The maximum Gasteiger partial charge on any atom is 0.338 e. The van der Waals surface area contributed by atoms with Gasteiger partial charge in [0.15, 0.2) is 0 Å². The van der Waals surface area contributed by atoms with Crippen LogP contribution in [0, 0.1) is 0 Å². The number of hydrogen-bond acceptors (Lipinski definition) is 4.